The fourth-order valence-electron chi connectivity index (χ4n) is 2.45. The van der Waals surface area contributed by atoms with Crippen LogP contribution in [0.2, 0.25) is 0 Å². The zero-order valence-electron chi connectivity index (χ0n) is 10.7. The highest BCUT2D eigenvalue weighted by atomic mass is 19.4. The largest absolute Gasteiger partial charge is 0.391 e. The van der Waals surface area contributed by atoms with Gasteiger partial charge in [0, 0.05) is 12.6 Å². The van der Waals surface area contributed by atoms with Gasteiger partial charge in [0.1, 0.15) is 0 Å². The first-order chi connectivity index (χ1) is 7.61. The lowest BCUT2D eigenvalue weighted by Gasteiger charge is -2.42. The molecule has 0 amide bonds. The molecule has 1 aliphatic rings. The van der Waals surface area contributed by atoms with Gasteiger partial charge in [-0.1, -0.05) is 13.8 Å². The number of likely N-dealkylation sites (N-methyl/N-ethyl adjacent to an activating group) is 1. The number of halogens is 3. The molecule has 0 saturated heterocycles. The summed E-state index contributed by atoms with van der Waals surface area (Å²) in [7, 11) is 1.67. The Labute approximate surface area is 101 Å². The topological polar surface area (TPSA) is 23.5 Å². The van der Waals surface area contributed by atoms with E-state index in [2.05, 4.69) is 13.8 Å². The fraction of sp³-hybridized carbons (Fsp3) is 1.00. The van der Waals surface area contributed by atoms with Gasteiger partial charge in [0.05, 0.1) is 12.5 Å². The van der Waals surface area contributed by atoms with E-state index in [9.17, 15) is 18.3 Å². The molecule has 0 radical (unpaired) electrons. The minimum Gasteiger partial charge on any atom is -0.391 e. The molecule has 5 heteroatoms. The molecule has 1 rings (SSSR count). The summed E-state index contributed by atoms with van der Waals surface area (Å²) >= 11 is 0. The first-order valence-corrected chi connectivity index (χ1v) is 6.06. The smallest absolute Gasteiger partial charge is 0.390 e. The summed E-state index contributed by atoms with van der Waals surface area (Å²) in [4.78, 5) is 1.65. The molecule has 2 nitrogen and oxygen atoms in total. The van der Waals surface area contributed by atoms with Gasteiger partial charge < -0.3 is 10.0 Å². The molecule has 0 bridgehead atoms. The highest BCUT2D eigenvalue weighted by Gasteiger charge is 2.37. The second kappa shape index (κ2) is 5.14. The Morgan fingerprint density at radius 3 is 2.47 bits per heavy atom. The molecule has 1 fully saturated rings. The number of aliphatic hydroxyl groups is 1. The van der Waals surface area contributed by atoms with Gasteiger partial charge in [-0.2, -0.15) is 13.2 Å². The van der Waals surface area contributed by atoms with Crippen LogP contribution < -0.4 is 0 Å². The van der Waals surface area contributed by atoms with Crippen LogP contribution in [0.25, 0.3) is 0 Å². The van der Waals surface area contributed by atoms with Gasteiger partial charge in [-0.3, -0.25) is 0 Å². The molecule has 0 heterocycles. The molecular formula is C12H22F3NO. The average Bonchev–Trinajstić information content (AvgIpc) is 2.17. The first kappa shape index (κ1) is 14.8. The Hall–Kier alpha value is -0.290. The van der Waals surface area contributed by atoms with Crippen LogP contribution in [0.3, 0.4) is 0 Å². The van der Waals surface area contributed by atoms with Gasteiger partial charge in [0.25, 0.3) is 0 Å². The summed E-state index contributed by atoms with van der Waals surface area (Å²) < 4.78 is 36.4. The molecular weight excluding hydrogens is 231 g/mol. The summed E-state index contributed by atoms with van der Waals surface area (Å²) in [6.07, 6.45) is -3.08. The molecule has 102 valence electrons. The van der Waals surface area contributed by atoms with Crippen LogP contribution in [0.5, 0.6) is 0 Å². The molecule has 0 aromatic rings. The summed E-state index contributed by atoms with van der Waals surface area (Å²) in [6, 6.07) is -0.152. The highest BCUT2D eigenvalue weighted by Crippen LogP contribution is 2.37. The zero-order chi connectivity index (χ0) is 13.3. The Morgan fingerprint density at radius 2 is 1.94 bits per heavy atom. The maximum absolute atomic E-state index is 12.1. The predicted octanol–water partition coefficient (Wildman–Crippen LogP) is 2.81. The van der Waals surface area contributed by atoms with Gasteiger partial charge in [0.2, 0.25) is 0 Å². The van der Waals surface area contributed by atoms with Crippen molar-refractivity contribution in [3.63, 3.8) is 0 Å². The van der Waals surface area contributed by atoms with Crippen molar-refractivity contribution in [2.24, 2.45) is 5.41 Å². The normalized spacial score (nSPS) is 29.6. The minimum absolute atomic E-state index is 0.0404. The number of hydrogen-bond donors (Lipinski definition) is 1. The van der Waals surface area contributed by atoms with E-state index in [-0.39, 0.29) is 18.0 Å². The maximum Gasteiger partial charge on any atom is 0.390 e. The highest BCUT2D eigenvalue weighted by molar-refractivity contribution is 4.89. The van der Waals surface area contributed by atoms with E-state index in [0.717, 1.165) is 12.8 Å². The summed E-state index contributed by atoms with van der Waals surface area (Å²) in [5.41, 5.74) is 0.108. The van der Waals surface area contributed by atoms with Crippen molar-refractivity contribution >= 4 is 0 Å². The molecule has 1 saturated carbocycles. The monoisotopic (exact) mass is 253 g/mol. The van der Waals surface area contributed by atoms with E-state index >= 15 is 0 Å². The van der Waals surface area contributed by atoms with E-state index in [1.165, 1.54) is 0 Å². The van der Waals surface area contributed by atoms with Gasteiger partial charge in [-0.15, -0.1) is 0 Å². The number of nitrogens with zero attached hydrogens (tertiary/aromatic N) is 1. The molecule has 2 atom stereocenters. The predicted molar refractivity (Wildman–Crippen MR) is 60.7 cm³/mol. The average molecular weight is 253 g/mol. The van der Waals surface area contributed by atoms with Gasteiger partial charge in [-0.05, 0) is 31.7 Å². The van der Waals surface area contributed by atoms with Crippen LogP contribution in [0.1, 0.15) is 39.5 Å². The first-order valence-electron chi connectivity index (χ1n) is 6.06. The van der Waals surface area contributed by atoms with Crippen molar-refractivity contribution in [3.05, 3.63) is 0 Å². The van der Waals surface area contributed by atoms with Crippen molar-refractivity contribution in [2.45, 2.75) is 57.9 Å². The third kappa shape index (κ3) is 4.84. The SMILES string of the molecule is CN(CCC(F)(F)F)C1CC(C)(C)CCC1O. The molecule has 0 spiro atoms. The number of hydrogen-bond acceptors (Lipinski definition) is 2. The Balaban J connectivity index is 2.52. The Bertz CT molecular complexity index is 253. The number of alkyl halides is 3. The molecule has 0 aliphatic heterocycles. The van der Waals surface area contributed by atoms with Crippen molar-refractivity contribution in [2.75, 3.05) is 13.6 Å². The molecule has 0 aromatic heterocycles. The van der Waals surface area contributed by atoms with Crippen molar-refractivity contribution in [1.82, 2.24) is 4.90 Å². The molecule has 2 unspecified atom stereocenters. The van der Waals surface area contributed by atoms with Crippen LogP contribution in [-0.4, -0.2) is 41.9 Å². The van der Waals surface area contributed by atoms with Crippen LogP contribution >= 0.6 is 0 Å². The van der Waals surface area contributed by atoms with E-state index < -0.39 is 18.7 Å². The van der Waals surface area contributed by atoms with Crippen molar-refractivity contribution < 1.29 is 18.3 Å². The van der Waals surface area contributed by atoms with Crippen LogP contribution in [-0.2, 0) is 0 Å². The van der Waals surface area contributed by atoms with Crippen LogP contribution in [0.15, 0.2) is 0 Å². The van der Waals surface area contributed by atoms with Crippen molar-refractivity contribution in [3.8, 4) is 0 Å². The molecule has 0 aromatic carbocycles. The lowest BCUT2D eigenvalue weighted by atomic mass is 9.73. The fourth-order valence-corrected chi connectivity index (χ4v) is 2.45. The van der Waals surface area contributed by atoms with Crippen molar-refractivity contribution in [1.29, 1.82) is 0 Å². The van der Waals surface area contributed by atoms with Gasteiger partial charge >= 0.3 is 6.18 Å². The van der Waals surface area contributed by atoms with Gasteiger partial charge in [0.15, 0.2) is 0 Å². The third-order valence-electron chi connectivity index (χ3n) is 3.64. The summed E-state index contributed by atoms with van der Waals surface area (Å²) in [6.45, 7) is 4.16. The van der Waals surface area contributed by atoms with Crippen LogP contribution in [0, 0.1) is 5.41 Å². The standard InChI is InChI=1S/C12H22F3NO/c1-11(2)5-4-10(17)9(8-11)16(3)7-6-12(13,14)15/h9-10,17H,4-8H2,1-3H3. The lowest BCUT2D eigenvalue weighted by Crippen LogP contribution is -2.48. The summed E-state index contributed by atoms with van der Waals surface area (Å²) in [5.74, 6) is 0. The Morgan fingerprint density at radius 1 is 1.35 bits per heavy atom. The molecule has 1 N–H and O–H groups in total. The molecule has 1 aliphatic carbocycles. The maximum atomic E-state index is 12.1. The number of rotatable bonds is 3. The Kier molecular flexibility index (Phi) is 4.47. The minimum atomic E-state index is -4.12. The quantitative estimate of drug-likeness (QED) is 0.836. The second-order valence-corrected chi connectivity index (χ2v) is 5.89. The second-order valence-electron chi connectivity index (χ2n) is 5.89. The molecule has 17 heavy (non-hydrogen) atoms. The van der Waals surface area contributed by atoms with E-state index in [4.69, 9.17) is 0 Å². The van der Waals surface area contributed by atoms with Crippen LogP contribution in [0.4, 0.5) is 13.2 Å². The van der Waals surface area contributed by atoms with E-state index in [1.807, 2.05) is 0 Å². The van der Waals surface area contributed by atoms with Gasteiger partial charge in [-0.25, -0.2) is 0 Å². The summed E-state index contributed by atoms with van der Waals surface area (Å²) in [5, 5.41) is 9.88. The zero-order valence-corrected chi connectivity index (χ0v) is 10.7. The lowest BCUT2D eigenvalue weighted by molar-refractivity contribution is -0.140. The third-order valence-corrected chi connectivity index (χ3v) is 3.64. The van der Waals surface area contributed by atoms with E-state index in [0.29, 0.717) is 6.42 Å². The van der Waals surface area contributed by atoms with E-state index in [1.54, 1.807) is 11.9 Å². The number of aliphatic hydroxyl groups excluding tert-OH is 1.